The van der Waals surface area contributed by atoms with E-state index < -0.39 is 12.0 Å². The molecular formula is C7H8N4O2. The van der Waals surface area contributed by atoms with Crippen LogP contribution >= 0.6 is 0 Å². The number of carbonyl (C=O) groups excluding carboxylic acids is 1. The molecule has 13 heavy (non-hydrogen) atoms. The molecule has 0 aliphatic carbocycles. The van der Waals surface area contributed by atoms with Crippen LogP contribution in [0.1, 0.15) is 18.8 Å². The minimum Gasteiger partial charge on any atom is -0.467 e. The van der Waals surface area contributed by atoms with Gasteiger partial charge in [0, 0.05) is 0 Å². The Labute approximate surface area is 74.8 Å². The predicted octanol–water partition coefficient (Wildman–Crippen LogP) is -0.116. The molecule has 0 saturated carbocycles. The van der Waals surface area contributed by atoms with Gasteiger partial charge in [-0.05, 0) is 6.92 Å². The Balaban J connectivity index is 2.84. The normalized spacial score (nSPS) is 11.8. The highest BCUT2D eigenvalue weighted by Gasteiger charge is 2.16. The number of hydrogen-bond donors (Lipinski definition) is 0. The van der Waals surface area contributed by atoms with Gasteiger partial charge in [0.25, 0.3) is 5.82 Å². The van der Waals surface area contributed by atoms with E-state index in [4.69, 9.17) is 5.26 Å². The highest BCUT2D eigenvalue weighted by atomic mass is 16.5. The van der Waals surface area contributed by atoms with Gasteiger partial charge < -0.3 is 4.74 Å². The fourth-order valence-corrected chi connectivity index (χ4v) is 0.791. The van der Waals surface area contributed by atoms with Crippen LogP contribution in [-0.4, -0.2) is 27.8 Å². The molecule has 0 aliphatic rings. The quantitative estimate of drug-likeness (QED) is 0.593. The second kappa shape index (κ2) is 3.67. The van der Waals surface area contributed by atoms with Gasteiger partial charge in [-0.1, -0.05) is 0 Å². The number of nitrogens with zero attached hydrogens (tertiary/aromatic N) is 4. The molecule has 0 N–H and O–H groups in total. The van der Waals surface area contributed by atoms with Crippen molar-refractivity contribution in [2.45, 2.75) is 13.0 Å². The third-order valence-electron chi connectivity index (χ3n) is 1.55. The highest BCUT2D eigenvalue weighted by Crippen LogP contribution is 2.04. The topological polar surface area (TPSA) is 80.8 Å². The molecule has 0 saturated heterocycles. The standard InChI is InChI=1S/C7H8N4O2/c1-5(7(12)13-2)11-4-9-6(3-8)10-11/h4-5H,1-2H3/t5-/m0/s1. The first-order valence-corrected chi connectivity index (χ1v) is 3.58. The van der Waals surface area contributed by atoms with Crippen LogP contribution in [-0.2, 0) is 9.53 Å². The Hall–Kier alpha value is -1.90. The van der Waals surface area contributed by atoms with Gasteiger partial charge in [-0.15, -0.1) is 5.10 Å². The number of methoxy groups -OCH3 is 1. The van der Waals surface area contributed by atoms with Crippen molar-refractivity contribution < 1.29 is 9.53 Å². The first-order chi connectivity index (χ1) is 6.19. The molecule has 1 aromatic rings. The van der Waals surface area contributed by atoms with Gasteiger partial charge in [0.05, 0.1) is 7.11 Å². The molecule has 6 nitrogen and oxygen atoms in total. The summed E-state index contributed by atoms with van der Waals surface area (Å²) < 4.78 is 5.78. The average molecular weight is 180 g/mol. The van der Waals surface area contributed by atoms with E-state index >= 15 is 0 Å². The number of aromatic nitrogens is 3. The lowest BCUT2D eigenvalue weighted by Crippen LogP contribution is -2.18. The minimum atomic E-state index is -0.556. The predicted molar refractivity (Wildman–Crippen MR) is 41.5 cm³/mol. The van der Waals surface area contributed by atoms with Gasteiger partial charge in [-0.2, -0.15) is 5.26 Å². The fourth-order valence-electron chi connectivity index (χ4n) is 0.791. The summed E-state index contributed by atoms with van der Waals surface area (Å²) in [5, 5.41) is 12.2. The van der Waals surface area contributed by atoms with E-state index in [-0.39, 0.29) is 5.82 Å². The van der Waals surface area contributed by atoms with Crippen molar-refractivity contribution in [2.24, 2.45) is 0 Å². The molecule has 1 atom stereocenters. The minimum absolute atomic E-state index is 0.0377. The number of rotatable bonds is 2. The van der Waals surface area contributed by atoms with E-state index in [1.165, 1.54) is 18.1 Å². The second-order valence-electron chi connectivity index (χ2n) is 2.36. The zero-order valence-electron chi connectivity index (χ0n) is 7.26. The maximum Gasteiger partial charge on any atom is 0.330 e. The highest BCUT2D eigenvalue weighted by molar-refractivity contribution is 5.73. The molecule has 1 aromatic heterocycles. The van der Waals surface area contributed by atoms with Crippen molar-refractivity contribution in [3.8, 4) is 6.07 Å². The average Bonchev–Trinajstić information content (AvgIpc) is 2.63. The number of hydrogen-bond acceptors (Lipinski definition) is 5. The van der Waals surface area contributed by atoms with Crippen molar-refractivity contribution in [3.63, 3.8) is 0 Å². The zero-order chi connectivity index (χ0) is 9.84. The lowest BCUT2D eigenvalue weighted by Gasteiger charge is -2.07. The van der Waals surface area contributed by atoms with E-state index in [0.29, 0.717) is 0 Å². The van der Waals surface area contributed by atoms with Crippen LogP contribution in [0.15, 0.2) is 6.33 Å². The largest absolute Gasteiger partial charge is 0.467 e. The van der Waals surface area contributed by atoms with Crippen LogP contribution in [0.2, 0.25) is 0 Å². The van der Waals surface area contributed by atoms with E-state index in [1.807, 2.05) is 0 Å². The molecule has 0 spiro atoms. The SMILES string of the molecule is COC(=O)[C@H](C)n1cnc(C#N)n1. The Morgan fingerprint density at radius 2 is 2.54 bits per heavy atom. The van der Waals surface area contributed by atoms with Crippen molar-refractivity contribution in [1.82, 2.24) is 14.8 Å². The molecule has 0 amide bonds. The Kier molecular flexibility index (Phi) is 2.59. The lowest BCUT2D eigenvalue weighted by molar-refractivity contribution is -0.144. The van der Waals surface area contributed by atoms with Gasteiger partial charge in [0.2, 0.25) is 0 Å². The van der Waals surface area contributed by atoms with Crippen molar-refractivity contribution in [2.75, 3.05) is 7.11 Å². The van der Waals surface area contributed by atoms with E-state index in [9.17, 15) is 4.79 Å². The summed E-state index contributed by atoms with van der Waals surface area (Å²) in [5.41, 5.74) is 0. The third kappa shape index (κ3) is 1.82. The van der Waals surface area contributed by atoms with Crippen molar-refractivity contribution >= 4 is 5.97 Å². The summed E-state index contributed by atoms with van der Waals surface area (Å²) >= 11 is 0. The lowest BCUT2D eigenvalue weighted by atomic mass is 10.4. The first-order valence-electron chi connectivity index (χ1n) is 3.58. The van der Waals surface area contributed by atoms with Crippen LogP contribution in [0.4, 0.5) is 0 Å². The summed E-state index contributed by atoms with van der Waals surface area (Å²) in [6.45, 7) is 1.61. The third-order valence-corrected chi connectivity index (χ3v) is 1.55. The van der Waals surface area contributed by atoms with Crippen molar-refractivity contribution in [3.05, 3.63) is 12.2 Å². The van der Waals surface area contributed by atoms with Crippen molar-refractivity contribution in [1.29, 1.82) is 5.26 Å². The first kappa shape index (κ1) is 9.19. The molecule has 6 heteroatoms. The Morgan fingerprint density at radius 1 is 1.85 bits per heavy atom. The molecule has 0 bridgehead atoms. The Morgan fingerprint density at radius 3 is 3.00 bits per heavy atom. The summed E-state index contributed by atoms with van der Waals surface area (Å²) in [6.07, 6.45) is 1.32. The maximum atomic E-state index is 11.0. The molecule has 0 aliphatic heterocycles. The zero-order valence-corrected chi connectivity index (χ0v) is 7.26. The molecule has 1 rings (SSSR count). The van der Waals surface area contributed by atoms with Gasteiger partial charge in [-0.3, -0.25) is 0 Å². The molecule has 0 radical (unpaired) electrons. The molecular weight excluding hydrogens is 172 g/mol. The Bertz CT molecular complexity index is 352. The van der Waals surface area contributed by atoms with E-state index in [0.717, 1.165) is 0 Å². The molecule has 1 heterocycles. The van der Waals surface area contributed by atoms with Crippen LogP contribution in [0.3, 0.4) is 0 Å². The van der Waals surface area contributed by atoms with E-state index in [2.05, 4.69) is 14.8 Å². The fraction of sp³-hybridized carbons (Fsp3) is 0.429. The van der Waals surface area contributed by atoms with Gasteiger partial charge in [-0.25, -0.2) is 14.5 Å². The van der Waals surface area contributed by atoms with Gasteiger partial charge in [0.15, 0.2) is 0 Å². The summed E-state index contributed by atoms with van der Waals surface area (Å²) in [5.74, 6) is -0.384. The van der Waals surface area contributed by atoms with E-state index in [1.54, 1.807) is 13.0 Å². The number of carbonyl (C=O) groups is 1. The summed E-state index contributed by atoms with van der Waals surface area (Å²) in [4.78, 5) is 14.7. The molecule has 0 fully saturated rings. The molecule has 0 unspecified atom stereocenters. The number of esters is 1. The van der Waals surface area contributed by atoms with Crippen LogP contribution in [0.25, 0.3) is 0 Å². The van der Waals surface area contributed by atoms with Crippen LogP contribution in [0, 0.1) is 11.3 Å². The summed E-state index contributed by atoms with van der Waals surface area (Å²) in [7, 11) is 1.29. The maximum absolute atomic E-state index is 11.0. The molecule has 68 valence electrons. The smallest absolute Gasteiger partial charge is 0.330 e. The second-order valence-corrected chi connectivity index (χ2v) is 2.36. The van der Waals surface area contributed by atoms with Gasteiger partial charge >= 0.3 is 5.97 Å². The van der Waals surface area contributed by atoms with Crippen LogP contribution in [0.5, 0.6) is 0 Å². The summed E-state index contributed by atoms with van der Waals surface area (Å²) in [6, 6.07) is 1.21. The van der Waals surface area contributed by atoms with Crippen LogP contribution < -0.4 is 0 Å². The molecule has 0 aromatic carbocycles. The number of nitriles is 1. The number of ether oxygens (including phenoxy) is 1. The van der Waals surface area contributed by atoms with Gasteiger partial charge in [0.1, 0.15) is 18.4 Å². The monoisotopic (exact) mass is 180 g/mol.